The fourth-order valence-corrected chi connectivity index (χ4v) is 4.67. The number of carboxylic acids is 1. The summed E-state index contributed by atoms with van der Waals surface area (Å²) in [6.45, 7) is 2.65. The molecule has 1 atom stereocenters. The third-order valence-electron chi connectivity index (χ3n) is 6.44. The zero-order chi connectivity index (χ0) is 28.5. The number of urea groups is 1. The zero-order valence-electron chi connectivity index (χ0n) is 20.9. The smallest absolute Gasteiger partial charge is 0.416 e. The number of nitriles is 1. The minimum atomic E-state index is -4.65. The van der Waals surface area contributed by atoms with Crippen LogP contribution in [-0.2, 0) is 17.5 Å². The molecular weight excluding hydrogens is 511 g/mol. The molecule has 0 aliphatic carbocycles. The van der Waals surface area contributed by atoms with Crippen LogP contribution in [0.1, 0.15) is 52.5 Å². The fourth-order valence-electron chi connectivity index (χ4n) is 4.67. The first-order valence-electron chi connectivity index (χ1n) is 11.7. The molecule has 39 heavy (non-hydrogen) atoms. The van der Waals surface area contributed by atoms with Crippen molar-refractivity contribution < 1.29 is 32.7 Å². The normalized spacial score (nSPS) is 15.8. The van der Waals surface area contributed by atoms with E-state index >= 15 is 0 Å². The number of hydrogen-bond donors (Lipinski definition) is 1. The van der Waals surface area contributed by atoms with Crippen molar-refractivity contribution in [1.29, 1.82) is 5.26 Å². The van der Waals surface area contributed by atoms with Crippen molar-refractivity contribution in [2.24, 2.45) is 0 Å². The van der Waals surface area contributed by atoms with E-state index in [9.17, 15) is 37.9 Å². The van der Waals surface area contributed by atoms with Crippen molar-refractivity contribution in [3.63, 3.8) is 0 Å². The van der Waals surface area contributed by atoms with E-state index in [1.54, 1.807) is 18.2 Å². The Morgan fingerprint density at radius 3 is 2.28 bits per heavy atom. The van der Waals surface area contributed by atoms with Crippen LogP contribution in [0.4, 0.5) is 23.7 Å². The number of alkyl halides is 3. The number of halogens is 3. The Labute approximate surface area is 222 Å². The third kappa shape index (κ3) is 5.38. The summed E-state index contributed by atoms with van der Waals surface area (Å²) >= 11 is 0. The summed E-state index contributed by atoms with van der Waals surface area (Å²) in [6.07, 6.45) is -4.65. The van der Waals surface area contributed by atoms with Crippen molar-refractivity contribution in [2.45, 2.75) is 32.6 Å². The van der Waals surface area contributed by atoms with E-state index in [1.165, 1.54) is 61.2 Å². The lowest BCUT2D eigenvalue weighted by Gasteiger charge is -2.43. The number of aromatic carboxylic acids is 1. The van der Waals surface area contributed by atoms with Gasteiger partial charge in [0.15, 0.2) is 5.78 Å². The number of nitrogens with zero attached hydrogens (tertiary/aromatic N) is 3. The molecule has 198 valence electrons. The quantitative estimate of drug-likeness (QED) is 0.400. The summed E-state index contributed by atoms with van der Waals surface area (Å²) in [5.74, 6) is -1.58. The molecule has 2 amide bonds. The van der Waals surface area contributed by atoms with Crippen LogP contribution in [0, 0.1) is 11.3 Å². The first-order valence-corrected chi connectivity index (χ1v) is 11.7. The second-order valence-electron chi connectivity index (χ2n) is 8.99. The zero-order valence-corrected chi connectivity index (χ0v) is 20.9. The number of hydrogen-bond acceptors (Lipinski definition) is 4. The molecule has 3 aromatic rings. The second-order valence-corrected chi connectivity index (χ2v) is 8.99. The molecule has 0 aromatic heterocycles. The Morgan fingerprint density at radius 2 is 1.69 bits per heavy atom. The van der Waals surface area contributed by atoms with Gasteiger partial charge in [0, 0.05) is 17.8 Å². The highest BCUT2D eigenvalue weighted by Gasteiger charge is 2.42. The van der Waals surface area contributed by atoms with Gasteiger partial charge in [-0.2, -0.15) is 18.4 Å². The van der Waals surface area contributed by atoms with E-state index in [0.29, 0.717) is 16.7 Å². The predicted molar refractivity (Wildman–Crippen MR) is 136 cm³/mol. The van der Waals surface area contributed by atoms with Gasteiger partial charge >= 0.3 is 18.2 Å². The van der Waals surface area contributed by atoms with Crippen molar-refractivity contribution in [3.8, 4) is 6.07 Å². The van der Waals surface area contributed by atoms with Crippen molar-refractivity contribution in [3.05, 3.63) is 112 Å². The lowest BCUT2D eigenvalue weighted by Crippen LogP contribution is -2.50. The molecule has 0 saturated carbocycles. The van der Waals surface area contributed by atoms with Crippen molar-refractivity contribution >= 4 is 23.5 Å². The Morgan fingerprint density at radius 1 is 1.03 bits per heavy atom. The summed E-state index contributed by atoms with van der Waals surface area (Å²) in [5, 5.41) is 18.6. The first-order chi connectivity index (χ1) is 18.4. The maximum absolute atomic E-state index is 14.1. The van der Waals surface area contributed by atoms with Crippen LogP contribution < -0.4 is 4.90 Å². The van der Waals surface area contributed by atoms with Crippen LogP contribution in [0.15, 0.2) is 84.1 Å². The molecule has 1 heterocycles. The van der Waals surface area contributed by atoms with Gasteiger partial charge in [0.05, 0.1) is 34.5 Å². The van der Waals surface area contributed by atoms with Gasteiger partial charge in [-0.25, -0.2) is 9.59 Å². The number of benzene rings is 3. The van der Waals surface area contributed by atoms with Crippen LogP contribution in [0.5, 0.6) is 0 Å². The van der Waals surface area contributed by atoms with E-state index in [-0.39, 0.29) is 29.1 Å². The molecule has 1 aliphatic heterocycles. The van der Waals surface area contributed by atoms with Gasteiger partial charge in [-0.05, 0) is 67.4 Å². The average molecular weight is 534 g/mol. The van der Waals surface area contributed by atoms with E-state index in [2.05, 4.69) is 0 Å². The average Bonchev–Trinajstić information content (AvgIpc) is 2.90. The van der Waals surface area contributed by atoms with Crippen LogP contribution in [0.3, 0.4) is 0 Å². The van der Waals surface area contributed by atoms with Crippen LogP contribution in [0.25, 0.3) is 0 Å². The number of amides is 2. The molecule has 10 heteroatoms. The summed E-state index contributed by atoms with van der Waals surface area (Å²) in [7, 11) is 0. The van der Waals surface area contributed by atoms with Gasteiger partial charge in [-0.1, -0.05) is 30.3 Å². The van der Waals surface area contributed by atoms with Crippen molar-refractivity contribution in [1.82, 2.24) is 4.90 Å². The molecule has 1 N–H and O–H groups in total. The van der Waals surface area contributed by atoms with E-state index in [1.807, 2.05) is 6.07 Å². The lowest BCUT2D eigenvalue weighted by molar-refractivity contribution is -0.137. The van der Waals surface area contributed by atoms with Crippen LogP contribution >= 0.6 is 0 Å². The molecule has 0 fully saturated rings. The van der Waals surface area contributed by atoms with Gasteiger partial charge in [-0.3, -0.25) is 9.69 Å². The topological polar surface area (TPSA) is 102 Å². The van der Waals surface area contributed by atoms with Gasteiger partial charge in [-0.15, -0.1) is 0 Å². The molecule has 3 aromatic carbocycles. The summed E-state index contributed by atoms with van der Waals surface area (Å²) in [5.41, 5.74) is 0.590. The van der Waals surface area contributed by atoms with E-state index < -0.39 is 35.6 Å². The van der Waals surface area contributed by atoms with Crippen LogP contribution in [-0.4, -0.2) is 27.8 Å². The maximum Gasteiger partial charge on any atom is 0.416 e. The van der Waals surface area contributed by atoms with Crippen LogP contribution in [0.2, 0.25) is 0 Å². The SMILES string of the molecule is CC(=O)C1=C(C)N(c2cccc(C(F)(F)F)c2)C(=O)N(Cc2cccc(C(=O)O)c2)[C@@H]1c1ccc(C#N)cc1. The number of carbonyl (C=O) groups is 3. The summed E-state index contributed by atoms with van der Waals surface area (Å²) in [4.78, 5) is 41.0. The number of allylic oxidation sites excluding steroid dienone is 1. The maximum atomic E-state index is 14.1. The largest absolute Gasteiger partial charge is 0.478 e. The predicted octanol–water partition coefficient (Wildman–Crippen LogP) is 6.32. The Balaban J connectivity index is 1.93. The number of ketones is 1. The number of Topliss-reactive ketones (excluding diaryl/α,β-unsaturated/α-hetero) is 1. The van der Waals surface area contributed by atoms with Gasteiger partial charge in [0.25, 0.3) is 0 Å². The van der Waals surface area contributed by atoms with Gasteiger partial charge < -0.3 is 10.0 Å². The standard InChI is InChI=1S/C29H22F3N3O4/c1-17-25(18(2)36)26(21-11-9-19(15-33)10-12-21)34(16-20-5-3-6-22(13-20)27(37)38)28(39)35(17)24-8-4-7-23(14-24)29(30,31)32/h3-14,26H,16H2,1-2H3,(H,37,38)/t26-/m1/s1. The highest BCUT2D eigenvalue weighted by Crippen LogP contribution is 2.41. The monoisotopic (exact) mass is 533 g/mol. The summed E-state index contributed by atoms with van der Waals surface area (Å²) < 4.78 is 40.5. The highest BCUT2D eigenvalue weighted by molar-refractivity contribution is 6.05. The Bertz CT molecular complexity index is 1540. The molecule has 1 aliphatic rings. The molecule has 7 nitrogen and oxygen atoms in total. The lowest BCUT2D eigenvalue weighted by atomic mass is 9.89. The Kier molecular flexibility index (Phi) is 7.27. The molecule has 0 saturated heterocycles. The molecule has 0 unspecified atom stereocenters. The summed E-state index contributed by atoms with van der Waals surface area (Å²) in [6, 6.07) is 16.8. The number of carboxylic acid groups (broad SMARTS) is 1. The number of rotatable bonds is 6. The minimum absolute atomic E-state index is 0.0138. The highest BCUT2D eigenvalue weighted by atomic mass is 19.4. The number of anilines is 1. The Hall–Kier alpha value is -4.91. The van der Waals surface area contributed by atoms with Gasteiger partial charge in [0.2, 0.25) is 0 Å². The third-order valence-corrected chi connectivity index (χ3v) is 6.44. The van der Waals surface area contributed by atoms with Crippen molar-refractivity contribution in [2.75, 3.05) is 4.90 Å². The van der Waals surface area contributed by atoms with Gasteiger partial charge in [0.1, 0.15) is 0 Å². The minimum Gasteiger partial charge on any atom is -0.478 e. The second kappa shape index (κ2) is 10.5. The molecule has 0 spiro atoms. The molecule has 0 radical (unpaired) electrons. The van der Waals surface area contributed by atoms with E-state index in [0.717, 1.165) is 17.0 Å². The molecular formula is C29H22F3N3O4. The first kappa shape index (κ1) is 27.1. The fraction of sp³-hybridized carbons (Fsp3) is 0.172. The molecule has 4 rings (SSSR count). The molecule has 0 bridgehead atoms. The number of carbonyl (C=O) groups excluding carboxylic acids is 2. The van der Waals surface area contributed by atoms with E-state index in [4.69, 9.17) is 0 Å².